The molecule has 4 N–H and O–H groups in total. The number of unbranched alkanes of at least 4 members (excludes halogenated alkanes) is 2. The number of aliphatic hydroxyl groups excluding tert-OH is 1. The zero-order chi connectivity index (χ0) is 28.5. The number of benzene rings is 2. The van der Waals surface area contributed by atoms with Gasteiger partial charge in [-0.1, -0.05) is 36.6 Å². The number of carbonyl (C=O) groups excluding carboxylic acids is 2. The molecule has 2 aromatic rings. The summed E-state index contributed by atoms with van der Waals surface area (Å²) in [4.78, 5) is 23.0. The highest BCUT2D eigenvalue weighted by molar-refractivity contribution is 6.30. The van der Waals surface area contributed by atoms with Crippen molar-refractivity contribution in [3.05, 3.63) is 63.7 Å². The Hall–Kier alpha value is -2.85. The van der Waals surface area contributed by atoms with Gasteiger partial charge in [0.2, 0.25) is 0 Å². The summed E-state index contributed by atoms with van der Waals surface area (Å²) in [6, 6.07) is 12.0. The Kier molecular flexibility index (Phi) is 15.3. The number of halogens is 1. The molecule has 1 aliphatic heterocycles. The highest BCUT2D eigenvalue weighted by Gasteiger charge is 2.21. The smallest absolute Gasteiger partial charge is 0.406 e. The van der Waals surface area contributed by atoms with E-state index in [4.69, 9.17) is 26.2 Å². The number of nitrogens with one attached hydrogen (secondary N) is 3. The summed E-state index contributed by atoms with van der Waals surface area (Å²) in [6.07, 6.45) is 5.43. The molecule has 0 saturated heterocycles. The summed E-state index contributed by atoms with van der Waals surface area (Å²) in [5, 5.41) is 17.5. The fraction of sp³-hybridized carbons (Fsp3) is 0.517. The molecule has 1 heterocycles. The Labute approximate surface area is 236 Å². The number of aliphatic hydroxyl groups is 1. The number of amides is 2. The van der Waals surface area contributed by atoms with Crippen molar-refractivity contribution >= 4 is 23.6 Å². The van der Waals surface area contributed by atoms with Crippen LogP contribution < -0.4 is 20.7 Å². The summed E-state index contributed by atoms with van der Waals surface area (Å²) in [6.45, 7) is 2.25. The van der Waals surface area contributed by atoms with Crippen LogP contribution in [-0.2, 0) is 22.3 Å². The van der Waals surface area contributed by atoms with Gasteiger partial charge in [0, 0.05) is 55.4 Å². The van der Waals surface area contributed by atoms with E-state index in [1.807, 2.05) is 37.4 Å². The standard InChI is InChI=1S/C25H33ClN2O3.C4H9NO3/c1-27-22(9-4-3-5-11-30-2)17-28-25(29)20-15-19(23-10-12-31-24(23)16-20)13-18-7-6-8-21(26)14-18;1-8-4(7)5-2-3-6/h6-8,14-16,22,27H,3-5,9-13,17H2,1-2H3,(H,28,29);6H,2-3H2,1H3,(H,5,7). The lowest BCUT2D eigenvalue weighted by Gasteiger charge is -2.17. The van der Waals surface area contributed by atoms with Gasteiger partial charge in [0.25, 0.3) is 5.91 Å². The van der Waals surface area contributed by atoms with Crippen LogP contribution in [0.15, 0.2) is 36.4 Å². The SMILES string of the molecule is CNC(CCCCCOC)CNC(=O)c1cc(Cc2cccc(Cl)c2)c2c(c1)OCC2.COC(=O)NCCO. The number of likely N-dealkylation sites (N-methyl/N-ethyl adjacent to an activating group) is 1. The molecule has 1 aliphatic rings. The van der Waals surface area contributed by atoms with Gasteiger partial charge < -0.3 is 35.3 Å². The molecule has 9 nitrogen and oxygen atoms in total. The van der Waals surface area contributed by atoms with Gasteiger partial charge in [0.1, 0.15) is 5.75 Å². The first kappa shape index (κ1) is 32.4. The summed E-state index contributed by atoms with van der Waals surface area (Å²) in [7, 11) is 4.95. The molecule has 0 radical (unpaired) electrons. The second-order valence-corrected chi connectivity index (χ2v) is 9.63. The van der Waals surface area contributed by atoms with Gasteiger partial charge in [0.05, 0.1) is 20.3 Å². The zero-order valence-electron chi connectivity index (χ0n) is 23.2. The van der Waals surface area contributed by atoms with E-state index in [1.165, 1.54) is 12.7 Å². The second-order valence-electron chi connectivity index (χ2n) is 9.20. The summed E-state index contributed by atoms with van der Waals surface area (Å²) < 4.78 is 15.1. The molecule has 10 heteroatoms. The molecule has 216 valence electrons. The lowest BCUT2D eigenvalue weighted by Crippen LogP contribution is -2.39. The third kappa shape index (κ3) is 11.8. The van der Waals surface area contributed by atoms with E-state index < -0.39 is 6.09 Å². The maximum atomic E-state index is 12.9. The molecule has 0 aliphatic carbocycles. The third-order valence-electron chi connectivity index (χ3n) is 6.34. The minimum absolute atomic E-state index is 0.0604. The first-order valence-corrected chi connectivity index (χ1v) is 13.7. The van der Waals surface area contributed by atoms with Gasteiger partial charge in [-0.15, -0.1) is 0 Å². The van der Waals surface area contributed by atoms with Gasteiger partial charge in [-0.05, 0) is 61.7 Å². The average molecular weight is 564 g/mol. The minimum atomic E-state index is -0.515. The van der Waals surface area contributed by atoms with Crippen molar-refractivity contribution in [2.45, 2.75) is 44.6 Å². The monoisotopic (exact) mass is 563 g/mol. The predicted octanol–water partition coefficient (Wildman–Crippen LogP) is 3.73. The number of hydrogen-bond donors (Lipinski definition) is 4. The number of hydrogen-bond acceptors (Lipinski definition) is 7. The van der Waals surface area contributed by atoms with Crippen LogP contribution in [0.3, 0.4) is 0 Å². The lowest BCUT2D eigenvalue weighted by molar-refractivity contribution is 0.0948. The van der Waals surface area contributed by atoms with E-state index >= 15 is 0 Å². The first-order chi connectivity index (χ1) is 18.9. The van der Waals surface area contributed by atoms with Crippen LogP contribution in [0, 0.1) is 0 Å². The Morgan fingerprint density at radius 3 is 2.64 bits per heavy atom. The molecule has 1 unspecified atom stereocenters. The lowest BCUT2D eigenvalue weighted by atomic mass is 9.95. The molecular formula is C29H42ClN3O6. The highest BCUT2D eigenvalue weighted by atomic mass is 35.5. The Bertz CT molecular complexity index is 1040. The fourth-order valence-corrected chi connectivity index (χ4v) is 4.46. The van der Waals surface area contributed by atoms with Crippen molar-refractivity contribution in [3.8, 4) is 5.75 Å². The van der Waals surface area contributed by atoms with Crippen LogP contribution in [0.5, 0.6) is 5.75 Å². The van der Waals surface area contributed by atoms with Crippen LogP contribution in [0.4, 0.5) is 4.79 Å². The maximum Gasteiger partial charge on any atom is 0.406 e. The van der Waals surface area contributed by atoms with Crippen LogP contribution in [0.25, 0.3) is 0 Å². The van der Waals surface area contributed by atoms with E-state index in [1.54, 1.807) is 7.11 Å². The van der Waals surface area contributed by atoms with Gasteiger partial charge in [-0.2, -0.15) is 0 Å². The predicted molar refractivity (Wildman–Crippen MR) is 153 cm³/mol. The molecular weight excluding hydrogens is 522 g/mol. The summed E-state index contributed by atoms with van der Waals surface area (Å²) >= 11 is 6.15. The van der Waals surface area contributed by atoms with E-state index in [2.05, 4.69) is 26.8 Å². The minimum Gasteiger partial charge on any atom is -0.493 e. The molecule has 0 aromatic heterocycles. The molecule has 39 heavy (non-hydrogen) atoms. The van der Waals surface area contributed by atoms with E-state index in [9.17, 15) is 9.59 Å². The Morgan fingerprint density at radius 1 is 1.13 bits per heavy atom. The number of alkyl carbamates (subject to hydrolysis) is 1. The van der Waals surface area contributed by atoms with Crippen molar-refractivity contribution in [2.75, 3.05) is 54.2 Å². The topological polar surface area (TPSA) is 118 Å². The normalized spacial score (nSPS) is 12.4. The van der Waals surface area contributed by atoms with Crippen molar-refractivity contribution in [2.24, 2.45) is 0 Å². The van der Waals surface area contributed by atoms with Crippen LogP contribution in [0.2, 0.25) is 5.02 Å². The third-order valence-corrected chi connectivity index (χ3v) is 6.58. The molecule has 0 fully saturated rings. The zero-order valence-corrected chi connectivity index (χ0v) is 23.9. The number of rotatable bonds is 14. The van der Waals surface area contributed by atoms with Crippen LogP contribution in [-0.4, -0.2) is 77.3 Å². The molecule has 1 atom stereocenters. The van der Waals surface area contributed by atoms with Crippen molar-refractivity contribution in [1.29, 1.82) is 0 Å². The number of ether oxygens (including phenoxy) is 3. The highest BCUT2D eigenvalue weighted by Crippen LogP contribution is 2.32. The summed E-state index contributed by atoms with van der Waals surface area (Å²) in [5.41, 5.74) is 4.10. The molecule has 0 bridgehead atoms. The van der Waals surface area contributed by atoms with Gasteiger partial charge in [-0.25, -0.2) is 4.79 Å². The molecule has 2 aromatic carbocycles. The maximum absolute atomic E-state index is 12.9. The number of carbonyl (C=O) groups is 2. The van der Waals surface area contributed by atoms with Crippen molar-refractivity contribution in [3.63, 3.8) is 0 Å². The van der Waals surface area contributed by atoms with Crippen LogP contribution >= 0.6 is 11.6 Å². The van der Waals surface area contributed by atoms with E-state index in [0.29, 0.717) is 18.7 Å². The molecule has 2 amide bonds. The first-order valence-electron chi connectivity index (χ1n) is 13.3. The quantitative estimate of drug-likeness (QED) is 0.259. The molecule has 0 spiro atoms. The van der Waals surface area contributed by atoms with Crippen molar-refractivity contribution < 1.29 is 28.9 Å². The Balaban J connectivity index is 0.000000580. The van der Waals surface area contributed by atoms with Gasteiger partial charge in [-0.3, -0.25) is 4.79 Å². The van der Waals surface area contributed by atoms with Crippen molar-refractivity contribution in [1.82, 2.24) is 16.0 Å². The largest absolute Gasteiger partial charge is 0.493 e. The second kappa shape index (κ2) is 18.4. The number of methoxy groups -OCH3 is 2. The van der Waals surface area contributed by atoms with Gasteiger partial charge >= 0.3 is 6.09 Å². The summed E-state index contributed by atoms with van der Waals surface area (Å²) in [5.74, 6) is 0.762. The molecule has 0 saturated carbocycles. The Morgan fingerprint density at radius 2 is 1.95 bits per heavy atom. The van der Waals surface area contributed by atoms with Crippen LogP contribution in [0.1, 0.15) is 52.7 Å². The average Bonchev–Trinajstić information content (AvgIpc) is 3.42. The number of fused-ring (bicyclic) bond motifs is 1. The van der Waals surface area contributed by atoms with E-state index in [-0.39, 0.29) is 25.1 Å². The molecule has 3 rings (SSSR count). The van der Waals surface area contributed by atoms with E-state index in [0.717, 1.165) is 67.0 Å². The van der Waals surface area contributed by atoms with Gasteiger partial charge in [0.15, 0.2) is 0 Å². The fourth-order valence-electron chi connectivity index (χ4n) is 4.24.